The predicted molar refractivity (Wildman–Crippen MR) is 91.7 cm³/mol. The van der Waals surface area contributed by atoms with Gasteiger partial charge in [0.2, 0.25) is 0 Å². The van der Waals surface area contributed by atoms with Crippen LogP contribution in [0.25, 0.3) is 0 Å². The standard InChI is InChI=1S/C17H23NO5S/c1-5-22-16(19)17(3,24(4,20)21)11-14-10-15(18-23-14)13-8-6-12(2)7-9-13/h6-9,14H,5,10-11H2,1-4H3/t14-,17-/m1/s1. The highest BCUT2D eigenvalue weighted by Gasteiger charge is 2.48. The molecule has 0 amide bonds. The van der Waals surface area contributed by atoms with Gasteiger partial charge in [-0.25, -0.2) is 8.42 Å². The normalized spacial score (nSPS) is 20.0. The summed E-state index contributed by atoms with van der Waals surface area (Å²) in [6.07, 6.45) is 1.02. The van der Waals surface area contributed by atoms with E-state index in [0.29, 0.717) is 6.42 Å². The van der Waals surface area contributed by atoms with Crippen molar-refractivity contribution in [1.29, 1.82) is 0 Å². The van der Waals surface area contributed by atoms with E-state index in [-0.39, 0.29) is 13.0 Å². The Hall–Kier alpha value is -1.89. The second kappa shape index (κ2) is 6.93. The first kappa shape index (κ1) is 18.4. The third-order valence-corrected chi connectivity index (χ3v) is 6.23. The van der Waals surface area contributed by atoms with E-state index in [0.717, 1.165) is 23.1 Å². The van der Waals surface area contributed by atoms with Crippen LogP contribution in [0.1, 0.15) is 37.8 Å². The number of hydrogen-bond donors (Lipinski definition) is 0. The van der Waals surface area contributed by atoms with Gasteiger partial charge in [-0.15, -0.1) is 0 Å². The number of rotatable bonds is 6. The molecular formula is C17H23NO5S. The van der Waals surface area contributed by atoms with Crippen LogP contribution in [0, 0.1) is 6.92 Å². The Balaban J connectivity index is 2.13. The van der Waals surface area contributed by atoms with E-state index in [1.807, 2.05) is 31.2 Å². The fourth-order valence-electron chi connectivity index (χ4n) is 2.56. The zero-order chi connectivity index (χ0) is 18.0. The van der Waals surface area contributed by atoms with Crippen LogP contribution in [-0.2, 0) is 24.2 Å². The lowest BCUT2D eigenvalue weighted by molar-refractivity contribution is -0.146. The number of hydrogen-bond acceptors (Lipinski definition) is 6. The van der Waals surface area contributed by atoms with Crippen LogP contribution in [0.3, 0.4) is 0 Å². The molecule has 1 aliphatic rings. The minimum Gasteiger partial charge on any atom is -0.465 e. The Bertz CT molecular complexity index is 739. The third-order valence-electron chi connectivity index (χ3n) is 4.26. The summed E-state index contributed by atoms with van der Waals surface area (Å²) < 4.78 is 27.6. The van der Waals surface area contributed by atoms with Crippen molar-refractivity contribution in [2.75, 3.05) is 12.9 Å². The van der Waals surface area contributed by atoms with Gasteiger partial charge in [0.05, 0.1) is 12.3 Å². The molecule has 1 aliphatic heterocycles. The molecular weight excluding hydrogens is 330 g/mol. The van der Waals surface area contributed by atoms with Crippen LogP contribution in [0.15, 0.2) is 29.4 Å². The average Bonchev–Trinajstić information content (AvgIpc) is 2.95. The SMILES string of the molecule is CCOC(=O)[C@@](C)(C[C@H]1CC(c2ccc(C)cc2)=NO1)S(C)(=O)=O. The summed E-state index contributed by atoms with van der Waals surface area (Å²) in [7, 11) is -3.67. The van der Waals surface area contributed by atoms with Crippen LogP contribution in [-0.4, -0.2) is 43.8 Å². The van der Waals surface area contributed by atoms with Gasteiger partial charge in [-0.3, -0.25) is 4.79 Å². The molecule has 2 atom stereocenters. The zero-order valence-electron chi connectivity index (χ0n) is 14.4. The number of carbonyl (C=O) groups excluding carboxylic acids is 1. The summed E-state index contributed by atoms with van der Waals surface area (Å²) in [5.74, 6) is -0.750. The van der Waals surface area contributed by atoms with Crippen LogP contribution in [0.5, 0.6) is 0 Å². The molecule has 0 saturated heterocycles. The highest BCUT2D eigenvalue weighted by Crippen LogP contribution is 2.30. The van der Waals surface area contributed by atoms with Crippen molar-refractivity contribution in [3.05, 3.63) is 35.4 Å². The second-order valence-corrected chi connectivity index (χ2v) is 8.71. The topological polar surface area (TPSA) is 82.0 Å². The maximum atomic E-state index is 12.2. The maximum absolute atomic E-state index is 12.2. The minimum absolute atomic E-state index is 0.00350. The molecule has 0 saturated carbocycles. The van der Waals surface area contributed by atoms with Gasteiger partial charge in [0.15, 0.2) is 14.6 Å². The molecule has 1 aromatic carbocycles. The third kappa shape index (κ3) is 3.77. The Morgan fingerprint density at radius 2 is 2.00 bits per heavy atom. The molecule has 0 fully saturated rings. The van der Waals surface area contributed by atoms with E-state index < -0.39 is 26.7 Å². The van der Waals surface area contributed by atoms with Crippen LogP contribution in [0.2, 0.25) is 0 Å². The fraction of sp³-hybridized carbons (Fsp3) is 0.529. The lowest BCUT2D eigenvalue weighted by Crippen LogP contribution is -2.47. The van der Waals surface area contributed by atoms with Crippen molar-refractivity contribution < 1.29 is 22.8 Å². The Morgan fingerprint density at radius 1 is 1.38 bits per heavy atom. The summed E-state index contributed by atoms with van der Waals surface area (Å²) in [4.78, 5) is 17.6. The largest absolute Gasteiger partial charge is 0.465 e. The zero-order valence-corrected chi connectivity index (χ0v) is 15.2. The molecule has 7 heteroatoms. The minimum atomic E-state index is -3.67. The first-order chi connectivity index (χ1) is 11.2. The Labute approximate surface area is 142 Å². The number of esters is 1. The molecule has 0 N–H and O–H groups in total. The van der Waals surface area contributed by atoms with Crippen LogP contribution in [0.4, 0.5) is 0 Å². The quantitative estimate of drug-likeness (QED) is 0.733. The summed E-state index contributed by atoms with van der Waals surface area (Å²) >= 11 is 0. The summed E-state index contributed by atoms with van der Waals surface area (Å²) in [5.41, 5.74) is 2.82. The van der Waals surface area contributed by atoms with E-state index >= 15 is 0 Å². The Morgan fingerprint density at radius 3 is 2.54 bits per heavy atom. The Kier molecular flexibility index (Phi) is 5.32. The molecule has 24 heavy (non-hydrogen) atoms. The molecule has 2 rings (SSSR count). The van der Waals surface area contributed by atoms with Gasteiger partial charge in [-0.2, -0.15) is 0 Å². The van der Waals surface area contributed by atoms with Gasteiger partial charge in [-0.05, 0) is 26.3 Å². The number of aryl methyl sites for hydroxylation is 1. The maximum Gasteiger partial charge on any atom is 0.327 e. The molecule has 0 radical (unpaired) electrons. The van der Waals surface area contributed by atoms with Crippen molar-refractivity contribution in [2.45, 2.75) is 44.5 Å². The molecule has 6 nitrogen and oxygen atoms in total. The van der Waals surface area contributed by atoms with Crippen LogP contribution >= 0.6 is 0 Å². The summed E-state index contributed by atoms with van der Waals surface area (Å²) in [5, 5.41) is 4.06. The highest BCUT2D eigenvalue weighted by molar-refractivity contribution is 7.92. The van der Waals surface area contributed by atoms with Crippen molar-refractivity contribution in [3.8, 4) is 0 Å². The highest BCUT2D eigenvalue weighted by atomic mass is 32.2. The summed E-state index contributed by atoms with van der Waals surface area (Å²) in [6, 6.07) is 7.84. The number of ether oxygens (including phenoxy) is 1. The van der Waals surface area contributed by atoms with E-state index in [1.165, 1.54) is 6.92 Å². The monoisotopic (exact) mass is 353 g/mol. The van der Waals surface area contributed by atoms with Gasteiger partial charge in [0, 0.05) is 19.1 Å². The van der Waals surface area contributed by atoms with Gasteiger partial charge in [0.25, 0.3) is 0 Å². The van der Waals surface area contributed by atoms with Crippen molar-refractivity contribution in [2.24, 2.45) is 5.16 Å². The van der Waals surface area contributed by atoms with E-state index in [9.17, 15) is 13.2 Å². The average molecular weight is 353 g/mol. The lowest BCUT2D eigenvalue weighted by Gasteiger charge is -2.27. The van der Waals surface area contributed by atoms with Gasteiger partial charge >= 0.3 is 5.97 Å². The number of benzene rings is 1. The van der Waals surface area contributed by atoms with Gasteiger partial charge < -0.3 is 9.57 Å². The number of carbonyl (C=O) groups is 1. The molecule has 0 unspecified atom stereocenters. The van der Waals surface area contributed by atoms with E-state index in [1.54, 1.807) is 6.92 Å². The van der Waals surface area contributed by atoms with Gasteiger partial charge in [0.1, 0.15) is 6.10 Å². The molecule has 1 heterocycles. The molecule has 132 valence electrons. The van der Waals surface area contributed by atoms with Crippen molar-refractivity contribution in [3.63, 3.8) is 0 Å². The first-order valence-corrected chi connectivity index (χ1v) is 9.73. The number of nitrogens with zero attached hydrogens (tertiary/aromatic N) is 1. The predicted octanol–water partition coefficient (Wildman–Crippen LogP) is 2.24. The molecule has 0 aliphatic carbocycles. The van der Waals surface area contributed by atoms with E-state index in [4.69, 9.17) is 9.57 Å². The van der Waals surface area contributed by atoms with Crippen molar-refractivity contribution >= 4 is 21.5 Å². The van der Waals surface area contributed by atoms with Gasteiger partial charge in [-0.1, -0.05) is 35.0 Å². The lowest BCUT2D eigenvalue weighted by atomic mass is 9.97. The fourth-order valence-corrected chi connectivity index (χ4v) is 3.41. The molecule has 1 aromatic rings. The number of sulfone groups is 1. The van der Waals surface area contributed by atoms with Crippen LogP contribution < -0.4 is 0 Å². The number of oxime groups is 1. The van der Waals surface area contributed by atoms with E-state index in [2.05, 4.69) is 5.16 Å². The molecule has 0 spiro atoms. The first-order valence-electron chi connectivity index (χ1n) is 7.84. The van der Waals surface area contributed by atoms with Crippen molar-refractivity contribution in [1.82, 2.24) is 0 Å². The summed E-state index contributed by atoms with van der Waals surface area (Å²) in [6.45, 7) is 5.15. The molecule has 0 bridgehead atoms. The second-order valence-electron chi connectivity index (χ2n) is 6.26. The molecule has 0 aromatic heterocycles. The smallest absolute Gasteiger partial charge is 0.327 e.